The minimum Gasteiger partial charge on any atom is -0.371 e. The molecule has 5 heteroatoms. The normalized spacial score (nSPS) is 22.3. The van der Waals surface area contributed by atoms with Gasteiger partial charge < -0.3 is 16.0 Å². The summed E-state index contributed by atoms with van der Waals surface area (Å²) < 4.78 is 1.13. The molecule has 1 aliphatic carbocycles. The van der Waals surface area contributed by atoms with Crippen LogP contribution in [0.25, 0.3) is 0 Å². The molecule has 3 N–H and O–H groups in total. The van der Waals surface area contributed by atoms with Gasteiger partial charge in [0.2, 0.25) is 5.91 Å². The summed E-state index contributed by atoms with van der Waals surface area (Å²) in [6, 6.07) is 7.20. The SMILES string of the molecule is NC(=O)C1CCCN(c2ccc(CNC3CC3)c(Br)c2)C1. The van der Waals surface area contributed by atoms with Crippen molar-refractivity contribution >= 4 is 27.5 Å². The molecule has 0 spiro atoms. The quantitative estimate of drug-likeness (QED) is 0.856. The van der Waals surface area contributed by atoms with Gasteiger partial charge in [0.1, 0.15) is 0 Å². The third-order valence-corrected chi connectivity index (χ3v) is 5.12. The van der Waals surface area contributed by atoms with Gasteiger partial charge in [-0.1, -0.05) is 22.0 Å². The van der Waals surface area contributed by atoms with E-state index in [1.165, 1.54) is 24.1 Å². The Morgan fingerprint density at radius 2 is 2.19 bits per heavy atom. The van der Waals surface area contributed by atoms with Crippen LogP contribution < -0.4 is 16.0 Å². The van der Waals surface area contributed by atoms with Gasteiger partial charge in [0, 0.05) is 35.8 Å². The van der Waals surface area contributed by atoms with E-state index in [4.69, 9.17) is 5.73 Å². The standard InChI is InChI=1S/C16H22BrN3O/c17-15-8-14(6-3-11(15)9-19-13-4-5-13)20-7-1-2-12(10-20)16(18)21/h3,6,8,12-13,19H,1-2,4-5,7,9-10H2,(H2,18,21). The van der Waals surface area contributed by atoms with Crippen molar-refractivity contribution in [2.24, 2.45) is 11.7 Å². The first-order valence-corrected chi connectivity index (χ1v) is 8.49. The van der Waals surface area contributed by atoms with Gasteiger partial charge in [0.15, 0.2) is 0 Å². The van der Waals surface area contributed by atoms with Crippen LogP contribution in [0.4, 0.5) is 5.69 Å². The molecule has 4 nitrogen and oxygen atoms in total. The number of nitrogens with one attached hydrogen (secondary N) is 1. The third kappa shape index (κ3) is 3.77. The Morgan fingerprint density at radius 1 is 1.38 bits per heavy atom. The second-order valence-corrected chi connectivity index (χ2v) is 6.97. The minimum atomic E-state index is -0.177. The van der Waals surface area contributed by atoms with Crippen molar-refractivity contribution in [3.05, 3.63) is 28.2 Å². The number of carbonyl (C=O) groups is 1. The van der Waals surface area contributed by atoms with Crippen LogP contribution in [0.1, 0.15) is 31.2 Å². The lowest BCUT2D eigenvalue weighted by Gasteiger charge is -2.33. The summed E-state index contributed by atoms with van der Waals surface area (Å²) in [7, 11) is 0. The van der Waals surface area contributed by atoms with Crippen LogP contribution in [0.15, 0.2) is 22.7 Å². The summed E-state index contributed by atoms with van der Waals surface area (Å²) in [5, 5.41) is 3.53. The second-order valence-electron chi connectivity index (χ2n) is 6.12. The summed E-state index contributed by atoms with van der Waals surface area (Å²) in [6.07, 6.45) is 4.54. The number of benzene rings is 1. The van der Waals surface area contributed by atoms with E-state index in [-0.39, 0.29) is 11.8 Å². The van der Waals surface area contributed by atoms with Crippen LogP contribution in [0, 0.1) is 5.92 Å². The van der Waals surface area contributed by atoms with Gasteiger partial charge in [-0.15, -0.1) is 0 Å². The van der Waals surface area contributed by atoms with Gasteiger partial charge in [-0.25, -0.2) is 0 Å². The molecule has 0 bridgehead atoms. The summed E-state index contributed by atoms with van der Waals surface area (Å²) in [5.41, 5.74) is 7.91. The molecule has 1 unspecified atom stereocenters. The van der Waals surface area contributed by atoms with E-state index in [0.29, 0.717) is 0 Å². The zero-order valence-corrected chi connectivity index (χ0v) is 13.7. The second kappa shape index (κ2) is 6.36. The molecule has 2 aliphatic rings. The van der Waals surface area contributed by atoms with Gasteiger partial charge in [0.25, 0.3) is 0 Å². The van der Waals surface area contributed by atoms with E-state index in [1.807, 2.05) is 0 Å². The molecule has 1 amide bonds. The van der Waals surface area contributed by atoms with E-state index < -0.39 is 0 Å². The van der Waals surface area contributed by atoms with E-state index in [9.17, 15) is 4.79 Å². The Balaban J connectivity index is 1.67. The Bertz CT molecular complexity index is 530. The van der Waals surface area contributed by atoms with Gasteiger partial charge in [-0.2, -0.15) is 0 Å². The van der Waals surface area contributed by atoms with E-state index in [0.717, 1.165) is 43.0 Å². The van der Waals surface area contributed by atoms with Crippen LogP contribution >= 0.6 is 15.9 Å². The van der Waals surface area contributed by atoms with Crippen molar-refractivity contribution in [1.29, 1.82) is 0 Å². The van der Waals surface area contributed by atoms with Crippen LogP contribution in [0.5, 0.6) is 0 Å². The van der Waals surface area contributed by atoms with Gasteiger partial charge in [0.05, 0.1) is 5.92 Å². The van der Waals surface area contributed by atoms with E-state index in [2.05, 4.69) is 44.3 Å². The molecule has 1 saturated heterocycles. The van der Waals surface area contributed by atoms with E-state index >= 15 is 0 Å². The highest BCUT2D eigenvalue weighted by Gasteiger charge is 2.24. The van der Waals surface area contributed by atoms with Crippen molar-refractivity contribution in [2.45, 2.75) is 38.3 Å². The Kier molecular flexibility index (Phi) is 4.50. The third-order valence-electron chi connectivity index (χ3n) is 4.38. The summed E-state index contributed by atoms with van der Waals surface area (Å²) >= 11 is 3.67. The minimum absolute atomic E-state index is 0.0197. The number of piperidine rings is 1. The smallest absolute Gasteiger partial charge is 0.222 e. The van der Waals surface area contributed by atoms with Crippen molar-refractivity contribution in [2.75, 3.05) is 18.0 Å². The molecule has 1 aromatic carbocycles. The summed E-state index contributed by atoms with van der Waals surface area (Å²) in [4.78, 5) is 13.7. The lowest BCUT2D eigenvalue weighted by Crippen LogP contribution is -2.41. The number of nitrogens with zero attached hydrogens (tertiary/aromatic N) is 1. The molecule has 1 heterocycles. The average Bonchev–Trinajstić information content (AvgIpc) is 3.30. The lowest BCUT2D eigenvalue weighted by molar-refractivity contribution is -0.122. The largest absolute Gasteiger partial charge is 0.371 e. The Morgan fingerprint density at radius 3 is 2.86 bits per heavy atom. The van der Waals surface area contributed by atoms with Gasteiger partial charge in [-0.05, 0) is 43.4 Å². The number of halogens is 1. The average molecular weight is 352 g/mol. The van der Waals surface area contributed by atoms with Gasteiger partial charge >= 0.3 is 0 Å². The van der Waals surface area contributed by atoms with Crippen LogP contribution in [-0.4, -0.2) is 25.0 Å². The number of anilines is 1. The topological polar surface area (TPSA) is 58.4 Å². The van der Waals surface area contributed by atoms with Crippen molar-refractivity contribution in [1.82, 2.24) is 5.32 Å². The van der Waals surface area contributed by atoms with Crippen molar-refractivity contribution in [3.63, 3.8) is 0 Å². The molecule has 1 aliphatic heterocycles. The number of nitrogens with two attached hydrogens (primary N) is 1. The molecule has 2 fully saturated rings. The molecule has 3 rings (SSSR count). The van der Waals surface area contributed by atoms with Crippen LogP contribution in [0.3, 0.4) is 0 Å². The number of amides is 1. The lowest BCUT2D eigenvalue weighted by atomic mass is 9.97. The fourth-order valence-electron chi connectivity index (χ4n) is 2.86. The molecular formula is C16H22BrN3O. The summed E-state index contributed by atoms with van der Waals surface area (Å²) in [5.74, 6) is -0.197. The molecule has 1 saturated carbocycles. The maximum absolute atomic E-state index is 11.4. The fourth-order valence-corrected chi connectivity index (χ4v) is 3.37. The molecule has 21 heavy (non-hydrogen) atoms. The fraction of sp³-hybridized carbons (Fsp3) is 0.562. The number of rotatable bonds is 5. The first-order chi connectivity index (χ1) is 10.1. The van der Waals surface area contributed by atoms with Crippen molar-refractivity contribution < 1.29 is 4.79 Å². The molecule has 0 aromatic heterocycles. The monoisotopic (exact) mass is 351 g/mol. The first-order valence-electron chi connectivity index (χ1n) is 7.69. The number of hydrogen-bond acceptors (Lipinski definition) is 3. The zero-order valence-electron chi connectivity index (χ0n) is 12.1. The number of primary amides is 1. The Labute approximate surface area is 134 Å². The molecule has 1 atom stereocenters. The predicted octanol–water partition coefficient (Wildman–Crippen LogP) is 2.40. The molecule has 0 radical (unpaired) electrons. The van der Waals surface area contributed by atoms with E-state index in [1.54, 1.807) is 0 Å². The first kappa shape index (κ1) is 14.9. The molecule has 1 aromatic rings. The number of carbonyl (C=O) groups excluding carboxylic acids is 1. The van der Waals surface area contributed by atoms with Crippen LogP contribution in [0.2, 0.25) is 0 Å². The maximum Gasteiger partial charge on any atom is 0.222 e. The van der Waals surface area contributed by atoms with Crippen molar-refractivity contribution in [3.8, 4) is 0 Å². The Hall–Kier alpha value is -1.07. The molecular weight excluding hydrogens is 330 g/mol. The highest BCUT2D eigenvalue weighted by Crippen LogP contribution is 2.28. The predicted molar refractivity (Wildman–Crippen MR) is 88.1 cm³/mol. The van der Waals surface area contributed by atoms with Crippen LogP contribution in [-0.2, 0) is 11.3 Å². The van der Waals surface area contributed by atoms with Gasteiger partial charge in [-0.3, -0.25) is 4.79 Å². The zero-order chi connectivity index (χ0) is 14.8. The maximum atomic E-state index is 11.4. The highest BCUT2D eigenvalue weighted by molar-refractivity contribution is 9.10. The number of hydrogen-bond donors (Lipinski definition) is 2. The molecule has 114 valence electrons. The highest BCUT2D eigenvalue weighted by atomic mass is 79.9. The summed E-state index contributed by atoms with van der Waals surface area (Å²) in [6.45, 7) is 2.65.